The second kappa shape index (κ2) is 7.62. The molecule has 1 spiro atoms. The molecule has 2 N–H and O–H groups in total. The van der Waals surface area contributed by atoms with Gasteiger partial charge in [0.2, 0.25) is 0 Å². The second-order valence-corrected chi connectivity index (χ2v) is 9.59. The number of amides is 1. The van der Waals surface area contributed by atoms with Crippen LogP contribution in [0, 0.1) is 5.92 Å². The SMILES string of the molecule is CC(C)(C)OC(=O)N1CCOCC1C(N)C1CCOC2(CCSC2)C1. The molecule has 3 saturated heterocycles. The predicted octanol–water partition coefficient (Wildman–Crippen LogP) is 2.25. The Labute approximate surface area is 155 Å². The van der Waals surface area contributed by atoms with Crippen molar-refractivity contribution in [3.63, 3.8) is 0 Å². The number of rotatable bonds is 2. The standard InChI is InChI=1S/C18H32N2O4S/c1-17(2,3)24-16(21)20-6-8-22-11-14(20)15(19)13-4-7-23-18(10-13)5-9-25-12-18/h13-15H,4-12,19H2,1-3H3. The fourth-order valence-electron chi connectivity index (χ4n) is 4.06. The van der Waals surface area contributed by atoms with Crippen LogP contribution in [-0.4, -0.2) is 72.2 Å². The van der Waals surface area contributed by atoms with Crippen molar-refractivity contribution in [2.75, 3.05) is 37.9 Å². The highest BCUT2D eigenvalue weighted by Gasteiger charge is 2.45. The number of nitrogens with two attached hydrogens (primary N) is 1. The van der Waals surface area contributed by atoms with E-state index in [0.717, 1.165) is 31.6 Å². The van der Waals surface area contributed by atoms with E-state index in [0.29, 0.717) is 25.7 Å². The van der Waals surface area contributed by atoms with Crippen molar-refractivity contribution in [3.05, 3.63) is 0 Å². The highest BCUT2D eigenvalue weighted by Crippen LogP contribution is 2.41. The molecule has 3 rings (SSSR count). The van der Waals surface area contributed by atoms with Gasteiger partial charge in [-0.25, -0.2) is 4.79 Å². The molecule has 3 fully saturated rings. The van der Waals surface area contributed by atoms with Crippen LogP contribution in [0.25, 0.3) is 0 Å². The van der Waals surface area contributed by atoms with Gasteiger partial charge in [0.25, 0.3) is 0 Å². The molecule has 1 amide bonds. The van der Waals surface area contributed by atoms with Crippen molar-refractivity contribution in [3.8, 4) is 0 Å². The molecule has 4 atom stereocenters. The molecule has 3 heterocycles. The van der Waals surface area contributed by atoms with E-state index in [-0.39, 0.29) is 23.8 Å². The number of carbonyl (C=O) groups excluding carboxylic acids is 1. The van der Waals surface area contributed by atoms with Gasteiger partial charge in [-0.3, -0.25) is 4.90 Å². The Hall–Kier alpha value is -0.500. The minimum absolute atomic E-state index is 0.00250. The zero-order valence-corrected chi connectivity index (χ0v) is 16.5. The average Bonchev–Trinajstić information content (AvgIpc) is 3.00. The normalized spacial score (nSPS) is 35.0. The zero-order chi connectivity index (χ0) is 18.1. The lowest BCUT2D eigenvalue weighted by Crippen LogP contribution is -2.61. The van der Waals surface area contributed by atoms with Crippen LogP contribution in [0.3, 0.4) is 0 Å². The molecule has 0 aromatic carbocycles. The summed E-state index contributed by atoms with van der Waals surface area (Å²) in [5.74, 6) is 2.58. The Bertz CT molecular complexity index is 476. The third-order valence-corrected chi connectivity index (χ3v) is 6.60. The van der Waals surface area contributed by atoms with Gasteiger partial charge in [0.1, 0.15) is 5.60 Å². The number of hydrogen-bond donors (Lipinski definition) is 1. The molecule has 3 aliphatic rings. The molecule has 0 aromatic heterocycles. The van der Waals surface area contributed by atoms with E-state index >= 15 is 0 Å². The van der Waals surface area contributed by atoms with Gasteiger partial charge in [0.05, 0.1) is 24.9 Å². The Balaban J connectivity index is 1.67. The Kier molecular flexibility index (Phi) is 5.88. The topological polar surface area (TPSA) is 74.0 Å². The molecule has 0 aromatic rings. The van der Waals surface area contributed by atoms with E-state index < -0.39 is 5.60 Å². The van der Waals surface area contributed by atoms with Gasteiger partial charge >= 0.3 is 6.09 Å². The van der Waals surface area contributed by atoms with Gasteiger partial charge in [0, 0.05) is 24.9 Å². The van der Waals surface area contributed by atoms with E-state index in [1.54, 1.807) is 4.90 Å². The predicted molar refractivity (Wildman–Crippen MR) is 98.9 cm³/mol. The first-order chi connectivity index (χ1) is 11.8. The van der Waals surface area contributed by atoms with Crippen LogP contribution in [0.5, 0.6) is 0 Å². The number of ether oxygens (including phenoxy) is 3. The van der Waals surface area contributed by atoms with E-state index in [9.17, 15) is 4.79 Å². The first-order valence-corrected chi connectivity index (χ1v) is 10.5. The van der Waals surface area contributed by atoms with Crippen molar-refractivity contribution < 1.29 is 19.0 Å². The Morgan fingerprint density at radius 3 is 2.88 bits per heavy atom. The first kappa shape index (κ1) is 19.3. The minimum Gasteiger partial charge on any atom is -0.444 e. The molecular formula is C18H32N2O4S. The van der Waals surface area contributed by atoms with Crippen LogP contribution >= 0.6 is 11.8 Å². The van der Waals surface area contributed by atoms with Crippen molar-refractivity contribution in [1.82, 2.24) is 4.90 Å². The summed E-state index contributed by atoms with van der Waals surface area (Å²) in [6, 6.07) is -0.239. The first-order valence-electron chi connectivity index (χ1n) is 9.34. The van der Waals surface area contributed by atoms with Crippen LogP contribution in [0.4, 0.5) is 4.79 Å². The van der Waals surface area contributed by atoms with Crippen LogP contribution in [-0.2, 0) is 14.2 Å². The summed E-state index contributed by atoms with van der Waals surface area (Å²) < 4.78 is 17.4. The molecule has 0 saturated carbocycles. The molecule has 0 aliphatic carbocycles. The van der Waals surface area contributed by atoms with Gasteiger partial charge in [-0.05, 0) is 51.7 Å². The molecule has 6 nitrogen and oxygen atoms in total. The molecular weight excluding hydrogens is 340 g/mol. The molecule has 144 valence electrons. The number of nitrogens with zero attached hydrogens (tertiary/aromatic N) is 1. The smallest absolute Gasteiger partial charge is 0.410 e. The zero-order valence-electron chi connectivity index (χ0n) is 15.7. The molecule has 0 bridgehead atoms. The molecule has 25 heavy (non-hydrogen) atoms. The van der Waals surface area contributed by atoms with Crippen LogP contribution in [0.2, 0.25) is 0 Å². The van der Waals surface area contributed by atoms with Gasteiger partial charge in [-0.1, -0.05) is 0 Å². The monoisotopic (exact) mass is 372 g/mol. The lowest BCUT2D eigenvalue weighted by atomic mass is 9.79. The second-order valence-electron chi connectivity index (χ2n) is 8.48. The van der Waals surface area contributed by atoms with Gasteiger partial charge < -0.3 is 19.9 Å². The van der Waals surface area contributed by atoms with Crippen molar-refractivity contribution in [2.24, 2.45) is 11.7 Å². The summed E-state index contributed by atoms with van der Waals surface area (Å²) in [7, 11) is 0. The lowest BCUT2D eigenvalue weighted by Gasteiger charge is -2.45. The van der Waals surface area contributed by atoms with Crippen LogP contribution in [0.15, 0.2) is 0 Å². The summed E-state index contributed by atoms with van der Waals surface area (Å²) >= 11 is 1.97. The summed E-state index contributed by atoms with van der Waals surface area (Å²) in [5, 5.41) is 0. The molecule has 4 unspecified atom stereocenters. The Morgan fingerprint density at radius 1 is 1.40 bits per heavy atom. The maximum Gasteiger partial charge on any atom is 0.410 e. The van der Waals surface area contributed by atoms with E-state index in [4.69, 9.17) is 19.9 Å². The molecule has 0 radical (unpaired) electrons. The highest BCUT2D eigenvalue weighted by molar-refractivity contribution is 7.99. The maximum atomic E-state index is 12.6. The third-order valence-electron chi connectivity index (χ3n) is 5.38. The summed E-state index contributed by atoms with van der Waals surface area (Å²) in [6.45, 7) is 7.99. The number of thioether (sulfide) groups is 1. The van der Waals surface area contributed by atoms with Gasteiger partial charge in [0.15, 0.2) is 0 Å². The quantitative estimate of drug-likeness (QED) is 0.801. The van der Waals surface area contributed by atoms with Crippen molar-refractivity contribution in [1.29, 1.82) is 0 Å². The summed E-state index contributed by atoms with van der Waals surface area (Å²) in [4.78, 5) is 14.4. The lowest BCUT2D eigenvalue weighted by molar-refractivity contribution is -0.0954. The van der Waals surface area contributed by atoms with E-state index in [2.05, 4.69) is 0 Å². The van der Waals surface area contributed by atoms with Crippen LogP contribution in [0.1, 0.15) is 40.0 Å². The summed E-state index contributed by atoms with van der Waals surface area (Å²) in [5.41, 5.74) is 6.17. The van der Waals surface area contributed by atoms with Crippen LogP contribution < -0.4 is 5.73 Å². The number of hydrogen-bond acceptors (Lipinski definition) is 6. The third kappa shape index (κ3) is 4.62. The van der Waals surface area contributed by atoms with Gasteiger partial charge in [-0.2, -0.15) is 11.8 Å². The van der Waals surface area contributed by atoms with Crippen molar-refractivity contribution >= 4 is 17.9 Å². The minimum atomic E-state index is -0.506. The summed E-state index contributed by atoms with van der Waals surface area (Å²) in [6.07, 6.45) is 2.76. The van der Waals surface area contributed by atoms with E-state index in [1.165, 1.54) is 5.75 Å². The number of morpholine rings is 1. The van der Waals surface area contributed by atoms with E-state index in [1.807, 2.05) is 32.5 Å². The average molecular weight is 373 g/mol. The largest absolute Gasteiger partial charge is 0.444 e. The molecule has 7 heteroatoms. The maximum absolute atomic E-state index is 12.6. The van der Waals surface area contributed by atoms with Gasteiger partial charge in [-0.15, -0.1) is 0 Å². The fraction of sp³-hybridized carbons (Fsp3) is 0.944. The molecule has 3 aliphatic heterocycles. The highest BCUT2D eigenvalue weighted by atomic mass is 32.2. The number of carbonyl (C=O) groups is 1. The van der Waals surface area contributed by atoms with Crippen molar-refractivity contribution in [2.45, 2.75) is 63.3 Å². The fourth-order valence-corrected chi connectivity index (χ4v) is 5.44. The Morgan fingerprint density at radius 2 is 2.20 bits per heavy atom.